The van der Waals surface area contributed by atoms with Gasteiger partial charge in [-0.1, -0.05) is 5.16 Å². The Morgan fingerprint density at radius 3 is 2.67 bits per heavy atom. The Morgan fingerprint density at radius 1 is 1.19 bits per heavy atom. The normalized spacial score (nSPS) is 12.1. The Labute approximate surface area is 121 Å². The number of aromatic nitrogens is 2. The van der Waals surface area contributed by atoms with Gasteiger partial charge in [-0.15, -0.1) is 0 Å². The molecule has 1 N–H and O–H groups in total. The molecular weight excluding hydrogens is 270 g/mol. The number of hydrogen-bond acceptors (Lipinski definition) is 6. The topological polar surface area (TPSA) is 73.3 Å². The first-order valence-corrected chi connectivity index (χ1v) is 6.54. The second kappa shape index (κ2) is 5.70. The Bertz CT molecular complexity index is 689. The van der Waals surface area contributed by atoms with Crippen molar-refractivity contribution in [1.82, 2.24) is 10.1 Å². The van der Waals surface area contributed by atoms with E-state index < -0.39 is 0 Å². The van der Waals surface area contributed by atoms with Crippen LogP contribution in [0.5, 0.6) is 5.75 Å². The molecule has 1 atom stereocenters. The van der Waals surface area contributed by atoms with Gasteiger partial charge in [-0.25, -0.2) is 0 Å². The van der Waals surface area contributed by atoms with E-state index in [1.165, 1.54) is 0 Å². The summed E-state index contributed by atoms with van der Waals surface area (Å²) in [5.74, 6) is 2.34. The van der Waals surface area contributed by atoms with E-state index >= 15 is 0 Å². The second-order valence-electron chi connectivity index (χ2n) is 4.53. The molecule has 0 aliphatic carbocycles. The third-order valence-corrected chi connectivity index (χ3v) is 3.03. The molecule has 0 spiro atoms. The lowest BCUT2D eigenvalue weighted by Gasteiger charge is -2.11. The molecule has 3 rings (SSSR count). The number of methoxy groups -OCH3 is 1. The molecule has 2 heterocycles. The van der Waals surface area contributed by atoms with Gasteiger partial charge in [0, 0.05) is 5.69 Å². The molecule has 0 radical (unpaired) electrons. The largest absolute Gasteiger partial charge is 0.497 e. The van der Waals surface area contributed by atoms with Gasteiger partial charge in [0.15, 0.2) is 5.76 Å². The average Bonchev–Trinajstić information content (AvgIpc) is 3.19. The van der Waals surface area contributed by atoms with Crippen LogP contribution < -0.4 is 10.1 Å². The Hall–Kier alpha value is -2.76. The van der Waals surface area contributed by atoms with Gasteiger partial charge < -0.3 is 19.0 Å². The highest BCUT2D eigenvalue weighted by atomic mass is 16.5. The second-order valence-corrected chi connectivity index (χ2v) is 4.53. The number of nitrogens with one attached hydrogen (secondary N) is 1. The van der Waals surface area contributed by atoms with Gasteiger partial charge in [-0.3, -0.25) is 0 Å². The zero-order valence-electron chi connectivity index (χ0n) is 11.7. The molecule has 6 nitrogen and oxygen atoms in total. The molecule has 6 heteroatoms. The number of nitrogens with zero attached hydrogens (tertiary/aromatic N) is 2. The van der Waals surface area contributed by atoms with Crippen molar-refractivity contribution >= 4 is 5.69 Å². The molecule has 0 saturated heterocycles. The van der Waals surface area contributed by atoms with Crippen LogP contribution in [0, 0.1) is 0 Å². The van der Waals surface area contributed by atoms with Crippen molar-refractivity contribution in [2.24, 2.45) is 0 Å². The van der Waals surface area contributed by atoms with Crippen LogP contribution in [0.3, 0.4) is 0 Å². The summed E-state index contributed by atoms with van der Waals surface area (Å²) < 4.78 is 15.6. The molecule has 1 aromatic carbocycles. The fourth-order valence-electron chi connectivity index (χ4n) is 1.92. The lowest BCUT2D eigenvalue weighted by molar-refractivity contribution is 0.367. The van der Waals surface area contributed by atoms with E-state index in [0.29, 0.717) is 17.5 Å². The van der Waals surface area contributed by atoms with Crippen molar-refractivity contribution in [3.63, 3.8) is 0 Å². The maximum atomic E-state index is 5.26. The Morgan fingerprint density at radius 2 is 2.00 bits per heavy atom. The van der Waals surface area contributed by atoms with Crippen molar-refractivity contribution in [3.05, 3.63) is 48.6 Å². The highest BCUT2D eigenvalue weighted by Crippen LogP contribution is 2.23. The van der Waals surface area contributed by atoms with E-state index in [2.05, 4.69) is 15.5 Å². The minimum atomic E-state index is -0.116. The van der Waals surface area contributed by atoms with Gasteiger partial charge in [-0.05, 0) is 43.3 Å². The van der Waals surface area contributed by atoms with Crippen molar-refractivity contribution in [2.75, 3.05) is 12.4 Å². The highest BCUT2D eigenvalue weighted by molar-refractivity contribution is 5.48. The molecule has 0 aliphatic heterocycles. The van der Waals surface area contributed by atoms with Crippen LogP contribution >= 0.6 is 0 Å². The zero-order chi connectivity index (χ0) is 14.7. The van der Waals surface area contributed by atoms with Crippen molar-refractivity contribution < 1.29 is 13.7 Å². The van der Waals surface area contributed by atoms with Crippen LogP contribution in [0.4, 0.5) is 5.69 Å². The third-order valence-electron chi connectivity index (χ3n) is 3.03. The standard InChI is InChI=1S/C15H15N3O3/c1-10(16-11-5-7-12(19-2)8-6-11)15-17-14(18-21-15)13-4-3-9-20-13/h3-10,16H,1-2H3/t10-/m0/s1. The third kappa shape index (κ3) is 2.89. The predicted molar refractivity (Wildman–Crippen MR) is 77.0 cm³/mol. The van der Waals surface area contributed by atoms with Gasteiger partial charge in [0.25, 0.3) is 0 Å². The van der Waals surface area contributed by atoms with Gasteiger partial charge >= 0.3 is 0 Å². The first kappa shape index (κ1) is 13.2. The number of rotatable bonds is 5. The van der Waals surface area contributed by atoms with Crippen LogP contribution in [0.1, 0.15) is 18.9 Å². The molecule has 0 aliphatic rings. The van der Waals surface area contributed by atoms with Crippen molar-refractivity contribution in [2.45, 2.75) is 13.0 Å². The maximum Gasteiger partial charge on any atom is 0.249 e. The van der Waals surface area contributed by atoms with Crippen LogP contribution in [0.2, 0.25) is 0 Å². The molecule has 0 fully saturated rings. The fraction of sp³-hybridized carbons (Fsp3) is 0.200. The van der Waals surface area contributed by atoms with E-state index in [4.69, 9.17) is 13.7 Å². The Balaban J connectivity index is 1.71. The van der Waals surface area contributed by atoms with E-state index in [9.17, 15) is 0 Å². The number of ether oxygens (including phenoxy) is 1. The summed E-state index contributed by atoms with van der Waals surface area (Å²) in [6.45, 7) is 1.95. The Kier molecular flexibility index (Phi) is 3.59. The predicted octanol–water partition coefficient (Wildman–Crippen LogP) is 3.51. The first-order valence-electron chi connectivity index (χ1n) is 6.54. The number of furan rings is 1. The van der Waals surface area contributed by atoms with Gasteiger partial charge in [0.1, 0.15) is 11.8 Å². The van der Waals surface area contributed by atoms with Gasteiger partial charge in [-0.2, -0.15) is 4.98 Å². The monoisotopic (exact) mass is 285 g/mol. The van der Waals surface area contributed by atoms with Crippen molar-refractivity contribution in [1.29, 1.82) is 0 Å². The molecule has 3 aromatic rings. The van der Waals surface area contributed by atoms with E-state index in [1.807, 2.05) is 31.2 Å². The molecule has 0 unspecified atom stereocenters. The fourth-order valence-corrected chi connectivity index (χ4v) is 1.92. The van der Waals surface area contributed by atoms with Gasteiger partial charge in [0.05, 0.1) is 13.4 Å². The van der Waals surface area contributed by atoms with E-state index in [1.54, 1.807) is 25.5 Å². The van der Waals surface area contributed by atoms with Crippen LogP contribution in [0.15, 0.2) is 51.6 Å². The summed E-state index contributed by atoms with van der Waals surface area (Å²) >= 11 is 0. The van der Waals surface area contributed by atoms with Gasteiger partial charge in [0.2, 0.25) is 11.7 Å². The van der Waals surface area contributed by atoms with Crippen molar-refractivity contribution in [3.8, 4) is 17.3 Å². The summed E-state index contributed by atoms with van der Waals surface area (Å²) in [7, 11) is 1.64. The highest BCUT2D eigenvalue weighted by Gasteiger charge is 2.16. The lowest BCUT2D eigenvalue weighted by atomic mass is 10.2. The number of anilines is 1. The maximum absolute atomic E-state index is 5.26. The smallest absolute Gasteiger partial charge is 0.249 e. The molecule has 2 aromatic heterocycles. The van der Waals surface area contributed by atoms with E-state index in [0.717, 1.165) is 11.4 Å². The summed E-state index contributed by atoms with van der Waals surface area (Å²) in [6, 6.07) is 11.1. The molecule has 21 heavy (non-hydrogen) atoms. The van der Waals surface area contributed by atoms with E-state index in [-0.39, 0.29) is 6.04 Å². The molecule has 0 amide bonds. The molecule has 0 saturated carbocycles. The summed E-state index contributed by atoms with van der Waals surface area (Å²) in [4.78, 5) is 4.32. The number of benzene rings is 1. The first-order chi connectivity index (χ1) is 10.3. The van der Waals surface area contributed by atoms with Crippen LogP contribution in [0.25, 0.3) is 11.6 Å². The molecule has 0 bridgehead atoms. The molecular formula is C15H15N3O3. The quantitative estimate of drug-likeness (QED) is 0.773. The SMILES string of the molecule is COc1ccc(N[C@@H](C)c2nc(-c3ccco3)no2)cc1. The van der Waals surface area contributed by atoms with Crippen LogP contribution in [-0.2, 0) is 0 Å². The summed E-state index contributed by atoms with van der Waals surface area (Å²) in [6.07, 6.45) is 1.57. The zero-order valence-corrected chi connectivity index (χ0v) is 11.7. The average molecular weight is 285 g/mol. The molecule has 108 valence electrons. The summed E-state index contributed by atoms with van der Waals surface area (Å²) in [5.41, 5.74) is 0.945. The van der Waals surface area contributed by atoms with Crippen LogP contribution in [-0.4, -0.2) is 17.3 Å². The number of hydrogen-bond donors (Lipinski definition) is 1. The minimum absolute atomic E-state index is 0.116. The minimum Gasteiger partial charge on any atom is -0.497 e. The lowest BCUT2D eigenvalue weighted by Crippen LogP contribution is -2.06. The summed E-state index contributed by atoms with van der Waals surface area (Å²) in [5, 5.41) is 7.19.